The van der Waals surface area contributed by atoms with Crippen LogP contribution in [0.5, 0.6) is 0 Å². The van der Waals surface area contributed by atoms with E-state index in [1.807, 2.05) is 30.3 Å². The molecule has 0 spiro atoms. The lowest BCUT2D eigenvalue weighted by molar-refractivity contribution is 0.0595. The summed E-state index contributed by atoms with van der Waals surface area (Å²) < 4.78 is 50.2. The number of hydrogen-bond donors (Lipinski definition) is 1. The standard InChI is InChI=1S/C17H18FNO5S/c1-23-17(20)15-8-7-14(11-16(15)18)25(21,22)19-9-10-24-12-13-5-3-2-4-6-13/h2-8,11,19H,9-10,12H2,1H3. The molecule has 2 rings (SSSR count). The Morgan fingerprint density at radius 3 is 2.52 bits per heavy atom. The number of carbonyl (C=O) groups excluding carboxylic acids is 1. The van der Waals surface area contributed by atoms with E-state index >= 15 is 0 Å². The van der Waals surface area contributed by atoms with Crippen LogP contribution in [-0.2, 0) is 26.1 Å². The van der Waals surface area contributed by atoms with Crippen molar-refractivity contribution in [1.82, 2.24) is 4.72 Å². The third kappa shape index (κ3) is 5.35. The maximum absolute atomic E-state index is 13.8. The largest absolute Gasteiger partial charge is 0.465 e. The van der Waals surface area contributed by atoms with Crippen LogP contribution in [-0.4, -0.2) is 34.6 Å². The molecule has 0 aliphatic carbocycles. The zero-order valence-corrected chi connectivity index (χ0v) is 14.4. The van der Waals surface area contributed by atoms with Crippen LogP contribution in [0.2, 0.25) is 0 Å². The Hall–Kier alpha value is -2.29. The first kappa shape index (κ1) is 19.0. The van der Waals surface area contributed by atoms with Crippen LogP contribution >= 0.6 is 0 Å². The van der Waals surface area contributed by atoms with Crippen molar-refractivity contribution in [3.05, 3.63) is 65.5 Å². The minimum atomic E-state index is -3.90. The Balaban J connectivity index is 1.88. The maximum atomic E-state index is 13.8. The van der Waals surface area contributed by atoms with Gasteiger partial charge >= 0.3 is 5.97 Å². The lowest BCUT2D eigenvalue weighted by Gasteiger charge is -2.09. The first-order chi connectivity index (χ1) is 11.9. The summed E-state index contributed by atoms with van der Waals surface area (Å²) in [5.74, 6) is -1.83. The quantitative estimate of drug-likeness (QED) is 0.571. The molecule has 0 fully saturated rings. The van der Waals surface area contributed by atoms with Gasteiger partial charge in [-0.15, -0.1) is 0 Å². The highest BCUT2D eigenvalue weighted by atomic mass is 32.2. The van der Waals surface area contributed by atoms with Crippen molar-refractivity contribution < 1.29 is 27.1 Å². The Bertz CT molecular complexity index is 824. The van der Waals surface area contributed by atoms with Gasteiger partial charge in [0.15, 0.2) is 0 Å². The van der Waals surface area contributed by atoms with E-state index in [2.05, 4.69) is 9.46 Å². The lowest BCUT2D eigenvalue weighted by Crippen LogP contribution is -2.27. The van der Waals surface area contributed by atoms with Crippen molar-refractivity contribution in [2.24, 2.45) is 0 Å². The van der Waals surface area contributed by atoms with Gasteiger partial charge in [0.2, 0.25) is 10.0 Å². The molecule has 0 aliphatic rings. The second-order valence-electron chi connectivity index (χ2n) is 5.07. The zero-order valence-electron chi connectivity index (χ0n) is 13.6. The number of hydrogen-bond acceptors (Lipinski definition) is 5. The number of methoxy groups -OCH3 is 1. The molecule has 8 heteroatoms. The zero-order chi connectivity index (χ0) is 18.3. The van der Waals surface area contributed by atoms with E-state index in [0.29, 0.717) is 6.61 Å². The molecule has 0 bridgehead atoms. The summed E-state index contributed by atoms with van der Waals surface area (Å²) in [4.78, 5) is 11.0. The normalized spacial score (nSPS) is 11.3. The van der Waals surface area contributed by atoms with Gasteiger partial charge < -0.3 is 9.47 Å². The summed E-state index contributed by atoms with van der Waals surface area (Å²) in [7, 11) is -2.78. The molecule has 2 aromatic rings. The first-order valence-corrected chi connectivity index (χ1v) is 8.91. The van der Waals surface area contributed by atoms with Crippen molar-refractivity contribution in [2.75, 3.05) is 20.3 Å². The highest BCUT2D eigenvalue weighted by molar-refractivity contribution is 7.89. The summed E-state index contributed by atoms with van der Waals surface area (Å²) in [6, 6.07) is 12.4. The Morgan fingerprint density at radius 1 is 1.16 bits per heavy atom. The molecule has 0 radical (unpaired) electrons. The van der Waals surface area contributed by atoms with Crippen LogP contribution in [0.4, 0.5) is 4.39 Å². The number of ether oxygens (including phenoxy) is 2. The molecular weight excluding hydrogens is 349 g/mol. The number of esters is 1. The second kappa shape index (κ2) is 8.70. The van der Waals surface area contributed by atoms with Crippen molar-refractivity contribution in [1.29, 1.82) is 0 Å². The molecule has 0 amide bonds. The van der Waals surface area contributed by atoms with Crippen LogP contribution in [0.15, 0.2) is 53.4 Å². The van der Waals surface area contributed by atoms with Gasteiger partial charge in [0.05, 0.1) is 30.8 Å². The minimum absolute atomic E-state index is 0.0372. The number of carbonyl (C=O) groups is 1. The van der Waals surface area contributed by atoms with Gasteiger partial charge in [-0.2, -0.15) is 0 Å². The average Bonchev–Trinajstić information content (AvgIpc) is 2.61. The highest BCUT2D eigenvalue weighted by Crippen LogP contribution is 2.15. The van der Waals surface area contributed by atoms with Crippen LogP contribution in [0, 0.1) is 5.82 Å². The van der Waals surface area contributed by atoms with Crippen molar-refractivity contribution in [3.8, 4) is 0 Å². The predicted molar refractivity (Wildman–Crippen MR) is 89.0 cm³/mol. The number of rotatable bonds is 8. The average molecular weight is 367 g/mol. The number of sulfonamides is 1. The van der Waals surface area contributed by atoms with Crippen molar-refractivity contribution in [2.45, 2.75) is 11.5 Å². The van der Waals surface area contributed by atoms with Gasteiger partial charge in [-0.1, -0.05) is 30.3 Å². The molecule has 134 valence electrons. The molecule has 0 heterocycles. The molecule has 0 aromatic heterocycles. The topological polar surface area (TPSA) is 81.7 Å². The third-order valence-electron chi connectivity index (χ3n) is 3.31. The molecule has 0 saturated heterocycles. The molecule has 1 N–H and O–H groups in total. The molecule has 0 atom stereocenters. The summed E-state index contributed by atoms with van der Waals surface area (Å²) >= 11 is 0. The van der Waals surface area contributed by atoms with E-state index in [4.69, 9.17) is 4.74 Å². The maximum Gasteiger partial charge on any atom is 0.340 e. The smallest absolute Gasteiger partial charge is 0.340 e. The molecule has 2 aromatic carbocycles. The van der Waals surface area contributed by atoms with Gasteiger partial charge in [-0.25, -0.2) is 22.3 Å². The van der Waals surface area contributed by atoms with E-state index in [0.717, 1.165) is 30.9 Å². The van der Waals surface area contributed by atoms with E-state index in [9.17, 15) is 17.6 Å². The Kier molecular flexibility index (Phi) is 6.63. The number of halogens is 1. The van der Waals surface area contributed by atoms with Gasteiger partial charge in [0.1, 0.15) is 5.82 Å². The SMILES string of the molecule is COC(=O)c1ccc(S(=O)(=O)NCCOCc2ccccc2)cc1F. The minimum Gasteiger partial charge on any atom is -0.465 e. The van der Waals surface area contributed by atoms with Crippen molar-refractivity contribution >= 4 is 16.0 Å². The van der Waals surface area contributed by atoms with E-state index < -0.39 is 21.8 Å². The molecule has 6 nitrogen and oxygen atoms in total. The second-order valence-corrected chi connectivity index (χ2v) is 6.84. The fraction of sp³-hybridized carbons (Fsp3) is 0.235. The van der Waals surface area contributed by atoms with Crippen LogP contribution in [0.3, 0.4) is 0 Å². The van der Waals surface area contributed by atoms with Gasteiger partial charge in [0, 0.05) is 6.54 Å². The lowest BCUT2D eigenvalue weighted by atomic mass is 10.2. The molecule has 0 saturated carbocycles. The predicted octanol–water partition coefficient (Wildman–Crippen LogP) is 2.11. The fourth-order valence-corrected chi connectivity index (χ4v) is 3.06. The van der Waals surface area contributed by atoms with Crippen molar-refractivity contribution in [3.63, 3.8) is 0 Å². The summed E-state index contributed by atoms with van der Waals surface area (Å²) in [6.45, 7) is 0.567. The number of benzene rings is 2. The summed E-state index contributed by atoms with van der Waals surface area (Å²) in [6.07, 6.45) is 0. The summed E-state index contributed by atoms with van der Waals surface area (Å²) in [5.41, 5.74) is 0.651. The fourth-order valence-electron chi connectivity index (χ4n) is 2.03. The molecule has 25 heavy (non-hydrogen) atoms. The Morgan fingerprint density at radius 2 is 1.88 bits per heavy atom. The third-order valence-corrected chi connectivity index (χ3v) is 4.76. The van der Waals surface area contributed by atoms with E-state index in [-0.39, 0.29) is 23.6 Å². The monoisotopic (exact) mass is 367 g/mol. The molecule has 0 unspecified atom stereocenters. The van der Waals surface area contributed by atoms with E-state index in [1.165, 1.54) is 0 Å². The number of nitrogens with one attached hydrogen (secondary N) is 1. The summed E-state index contributed by atoms with van der Waals surface area (Å²) in [5, 5.41) is 0. The molecule has 0 aliphatic heterocycles. The van der Waals surface area contributed by atoms with Gasteiger partial charge in [-0.3, -0.25) is 0 Å². The van der Waals surface area contributed by atoms with Crippen LogP contribution < -0.4 is 4.72 Å². The molecular formula is C17H18FNO5S. The first-order valence-electron chi connectivity index (χ1n) is 7.43. The van der Waals surface area contributed by atoms with Crippen LogP contribution in [0.1, 0.15) is 15.9 Å². The van der Waals surface area contributed by atoms with E-state index in [1.54, 1.807) is 0 Å². The van der Waals surface area contributed by atoms with Gasteiger partial charge in [0.25, 0.3) is 0 Å². The van der Waals surface area contributed by atoms with Gasteiger partial charge in [-0.05, 0) is 23.8 Å². The Labute approximate surface area is 145 Å². The highest BCUT2D eigenvalue weighted by Gasteiger charge is 2.18. The van der Waals surface area contributed by atoms with Crippen LogP contribution in [0.25, 0.3) is 0 Å².